The third-order valence-corrected chi connectivity index (χ3v) is 6.32. The Bertz CT molecular complexity index is 1260. The van der Waals surface area contributed by atoms with Crippen LogP contribution in [0.5, 0.6) is 5.75 Å². The Morgan fingerprint density at radius 1 is 0.774 bits per heavy atom. The number of primary sulfonamides is 1. The monoisotopic (exact) mass is 461 g/mol. The molecule has 0 bridgehead atoms. The van der Waals surface area contributed by atoms with Crippen molar-refractivity contribution in [3.63, 3.8) is 0 Å². The fourth-order valence-corrected chi connectivity index (χ4v) is 4.08. The van der Waals surface area contributed by atoms with E-state index >= 15 is 0 Å². The van der Waals surface area contributed by atoms with Gasteiger partial charge in [0.25, 0.3) is 15.9 Å². The molecule has 11 heteroatoms. The van der Waals surface area contributed by atoms with E-state index in [2.05, 4.69) is 10.0 Å². The van der Waals surface area contributed by atoms with Crippen LogP contribution >= 0.6 is 0 Å². The van der Waals surface area contributed by atoms with E-state index in [-0.39, 0.29) is 16.4 Å². The van der Waals surface area contributed by atoms with Gasteiger partial charge in [-0.2, -0.15) is 0 Å². The normalized spacial score (nSPS) is 11.5. The second-order valence-electron chi connectivity index (χ2n) is 6.35. The lowest BCUT2D eigenvalue weighted by Gasteiger charge is -2.10. The zero-order valence-corrected chi connectivity index (χ0v) is 17.7. The van der Waals surface area contributed by atoms with Gasteiger partial charge in [0.2, 0.25) is 10.0 Å². The molecule has 1 amide bonds. The summed E-state index contributed by atoms with van der Waals surface area (Å²) in [6.45, 7) is -0.328. The summed E-state index contributed by atoms with van der Waals surface area (Å²) in [5.74, 6) is -0.177. The van der Waals surface area contributed by atoms with Gasteiger partial charge in [-0.15, -0.1) is 0 Å². The Balaban J connectivity index is 1.55. The van der Waals surface area contributed by atoms with Crippen LogP contribution in [0.1, 0.15) is 0 Å². The number of amides is 1. The Morgan fingerprint density at radius 3 is 1.94 bits per heavy atom. The van der Waals surface area contributed by atoms with Gasteiger partial charge in [-0.3, -0.25) is 9.52 Å². The highest BCUT2D eigenvalue weighted by Gasteiger charge is 2.14. The standard InChI is InChI=1S/C20H19N3O6S2/c21-30(25,26)18-10-6-15(7-11-18)22-20(24)14-29-17-8-12-19(13-9-17)31(27,28)23-16-4-2-1-3-5-16/h1-13,23H,14H2,(H,22,24)(H2,21,25,26). The molecule has 9 nitrogen and oxygen atoms in total. The van der Waals surface area contributed by atoms with E-state index in [1.165, 1.54) is 48.5 Å². The van der Waals surface area contributed by atoms with Gasteiger partial charge in [0.15, 0.2) is 6.61 Å². The lowest BCUT2D eigenvalue weighted by molar-refractivity contribution is -0.118. The molecular weight excluding hydrogens is 442 g/mol. The van der Waals surface area contributed by atoms with Crippen LogP contribution in [0.15, 0.2) is 88.7 Å². The maximum Gasteiger partial charge on any atom is 0.262 e. The lowest BCUT2D eigenvalue weighted by atomic mass is 10.3. The molecule has 0 fully saturated rings. The van der Waals surface area contributed by atoms with Crippen molar-refractivity contribution in [3.8, 4) is 5.75 Å². The van der Waals surface area contributed by atoms with Crippen molar-refractivity contribution >= 4 is 37.3 Å². The molecule has 3 rings (SSSR count). The van der Waals surface area contributed by atoms with Crippen LogP contribution < -0.4 is 19.9 Å². The minimum atomic E-state index is -3.81. The van der Waals surface area contributed by atoms with Crippen LogP contribution in [0, 0.1) is 0 Å². The Kier molecular flexibility index (Phi) is 6.59. The molecule has 0 aromatic heterocycles. The van der Waals surface area contributed by atoms with Crippen molar-refractivity contribution in [3.05, 3.63) is 78.9 Å². The summed E-state index contributed by atoms with van der Waals surface area (Å²) in [7, 11) is -7.56. The second kappa shape index (κ2) is 9.16. The maximum atomic E-state index is 12.4. The summed E-state index contributed by atoms with van der Waals surface area (Å²) in [6.07, 6.45) is 0. The molecule has 0 atom stereocenters. The Labute approximate surface area is 180 Å². The maximum absolute atomic E-state index is 12.4. The largest absolute Gasteiger partial charge is 0.484 e. The molecule has 3 aromatic rings. The summed E-state index contributed by atoms with van der Waals surface area (Å²) in [5, 5.41) is 7.57. The van der Waals surface area contributed by atoms with Gasteiger partial charge in [0.1, 0.15) is 5.75 Å². The first kappa shape index (κ1) is 22.3. The average Bonchev–Trinajstić information content (AvgIpc) is 2.73. The number of hydrogen-bond acceptors (Lipinski definition) is 6. The fourth-order valence-electron chi connectivity index (χ4n) is 2.51. The summed E-state index contributed by atoms with van der Waals surface area (Å²) in [5.41, 5.74) is 0.811. The van der Waals surface area contributed by atoms with E-state index in [1.54, 1.807) is 30.3 Å². The molecule has 4 N–H and O–H groups in total. The zero-order chi connectivity index (χ0) is 22.5. The van der Waals surface area contributed by atoms with Crippen molar-refractivity contribution in [2.45, 2.75) is 9.79 Å². The number of hydrogen-bond donors (Lipinski definition) is 3. The number of nitrogens with one attached hydrogen (secondary N) is 2. The number of benzene rings is 3. The van der Waals surface area contributed by atoms with E-state index in [4.69, 9.17) is 9.88 Å². The number of ether oxygens (including phenoxy) is 1. The molecule has 0 saturated heterocycles. The number of carbonyl (C=O) groups excluding carboxylic acids is 1. The van der Waals surface area contributed by atoms with Gasteiger partial charge >= 0.3 is 0 Å². The molecular formula is C20H19N3O6S2. The minimum Gasteiger partial charge on any atom is -0.484 e. The van der Waals surface area contributed by atoms with E-state index in [0.717, 1.165) is 0 Å². The van der Waals surface area contributed by atoms with Crippen LogP contribution in [0.25, 0.3) is 0 Å². The highest BCUT2D eigenvalue weighted by Crippen LogP contribution is 2.19. The molecule has 31 heavy (non-hydrogen) atoms. The summed E-state index contributed by atoms with van der Waals surface area (Å²) >= 11 is 0. The zero-order valence-electron chi connectivity index (χ0n) is 16.1. The van der Waals surface area contributed by atoms with E-state index in [0.29, 0.717) is 17.1 Å². The van der Waals surface area contributed by atoms with Crippen molar-refractivity contribution in [1.82, 2.24) is 0 Å². The van der Waals surface area contributed by atoms with Crippen molar-refractivity contribution in [1.29, 1.82) is 0 Å². The summed E-state index contributed by atoms with van der Waals surface area (Å²) in [4.78, 5) is 12.0. The highest BCUT2D eigenvalue weighted by atomic mass is 32.2. The molecule has 0 aliphatic rings. The van der Waals surface area contributed by atoms with Gasteiger partial charge in [-0.05, 0) is 60.7 Å². The third-order valence-electron chi connectivity index (χ3n) is 4.00. The molecule has 0 radical (unpaired) electrons. The summed E-state index contributed by atoms with van der Waals surface area (Å²) < 4.78 is 55.1. The quantitative estimate of drug-likeness (QED) is 0.469. The Hall–Kier alpha value is -3.41. The molecule has 0 aliphatic carbocycles. The van der Waals surface area contributed by atoms with E-state index in [1.807, 2.05) is 0 Å². The minimum absolute atomic E-state index is 0.0445. The van der Waals surface area contributed by atoms with Crippen molar-refractivity contribution in [2.75, 3.05) is 16.6 Å². The van der Waals surface area contributed by atoms with Crippen LogP contribution in [0.3, 0.4) is 0 Å². The lowest BCUT2D eigenvalue weighted by Crippen LogP contribution is -2.20. The molecule has 0 unspecified atom stereocenters. The van der Waals surface area contributed by atoms with Crippen LogP contribution in [-0.2, 0) is 24.8 Å². The number of carbonyl (C=O) groups is 1. The number of nitrogens with two attached hydrogens (primary N) is 1. The van der Waals surface area contributed by atoms with Crippen LogP contribution in [-0.4, -0.2) is 29.3 Å². The van der Waals surface area contributed by atoms with Crippen LogP contribution in [0.2, 0.25) is 0 Å². The number of anilines is 2. The van der Waals surface area contributed by atoms with Gasteiger partial charge in [0, 0.05) is 11.4 Å². The summed E-state index contributed by atoms with van der Waals surface area (Å²) in [6, 6.07) is 19.4. The second-order valence-corrected chi connectivity index (χ2v) is 9.59. The predicted octanol–water partition coefficient (Wildman–Crippen LogP) is 2.15. The third kappa shape index (κ3) is 6.28. The molecule has 0 spiro atoms. The van der Waals surface area contributed by atoms with Gasteiger partial charge in [-0.25, -0.2) is 22.0 Å². The van der Waals surface area contributed by atoms with E-state index < -0.39 is 26.0 Å². The molecule has 162 valence electrons. The molecule has 0 heterocycles. The number of para-hydroxylation sites is 1. The molecule has 0 saturated carbocycles. The van der Waals surface area contributed by atoms with Gasteiger partial charge in [0.05, 0.1) is 9.79 Å². The van der Waals surface area contributed by atoms with Crippen LogP contribution in [0.4, 0.5) is 11.4 Å². The first-order valence-electron chi connectivity index (χ1n) is 8.87. The van der Waals surface area contributed by atoms with Gasteiger partial charge in [-0.1, -0.05) is 18.2 Å². The molecule has 3 aromatic carbocycles. The van der Waals surface area contributed by atoms with Gasteiger partial charge < -0.3 is 10.1 Å². The SMILES string of the molecule is NS(=O)(=O)c1ccc(NC(=O)COc2ccc(S(=O)(=O)Nc3ccccc3)cc2)cc1. The Morgan fingerprint density at radius 2 is 1.35 bits per heavy atom. The number of rotatable bonds is 8. The average molecular weight is 462 g/mol. The fraction of sp³-hybridized carbons (Fsp3) is 0.0500. The van der Waals surface area contributed by atoms with Crippen molar-refractivity contribution in [2.24, 2.45) is 5.14 Å². The first-order valence-corrected chi connectivity index (χ1v) is 11.9. The highest BCUT2D eigenvalue weighted by molar-refractivity contribution is 7.92. The topological polar surface area (TPSA) is 145 Å². The predicted molar refractivity (Wildman–Crippen MR) is 116 cm³/mol. The van der Waals surface area contributed by atoms with Crippen molar-refractivity contribution < 1.29 is 26.4 Å². The number of sulfonamides is 2. The smallest absolute Gasteiger partial charge is 0.262 e. The first-order chi connectivity index (χ1) is 14.6. The molecule has 0 aliphatic heterocycles. The van der Waals surface area contributed by atoms with E-state index in [9.17, 15) is 21.6 Å².